The number of halogens is 1. The topological polar surface area (TPSA) is 71.3 Å². The molecule has 0 saturated carbocycles. The van der Waals surface area contributed by atoms with E-state index >= 15 is 0 Å². The van der Waals surface area contributed by atoms with Gasteiger partial charge in [-0.1, -0.05) is 0 Å². The smallest absolute Gasteiger partial charge is 0.311 e. The monoisotopic (exact) mass is 258 g/mol. The number of hydrogen-bond donors (Lipinski definition) is 1. The second kappa shape index (κ2) is 5.79. The highest BCUT2D eigenvalue weighted by Gasteiger charge is 2.25. The van der Waals surface area contributed by atoms with Crippen molar-refractivity contribution in [2.24, 2.45) is 0 Å². The molecule has 6 nitrogen and oxygen atoms in total. The molecule has 0 amide bonds. The highest BCUT2D eigenvalue weighted by molar-refractivity contribution is 5.85. The minimum absolute atomic E-state index is 0. The van der Waals surface area contributed by atoms with Crippen molar-refractivity contribution in [1.82, 2.24) is 10.3 Å². The van der Waals surface area contributed by atoms with Crippen LogP contribution in [0.3, 0.4) is 0 Å². The van der Waals surface area contributed by atoms with Gasteiger partial charge in [0.1, 0.15) is 0 Å². The zero-order chi connectivity index (χ0) is 11.5. The van der Waals surface area contributed by atoms with Gasteiger partial charge in [-0.05, 0) is 19.0 Å². The number of aromatic nitrogens is 1. The molecular weight excluding hydrogens is 244 g/mol. The largest absolute Gasteiger partial charge is 0.350 e. The second-order valence-electron chi connectivity index (χ2n) is 3.86. The molecule has 1 atom stereocenters. The lowest BCUT2D eigenvalue weighted by Gasteiger charge is -2.24. The zero-order valence-corrected chi connectivity index (χ0v) is 10.3. The second-order valence-corrected chi connectivity index (χ2v) is 3.86. The van der Waals surface area contributed by atoms with E-state index in [0.29, 0.717) is 5.82 Å². The number of pyridine rings is 1. The molecule has 7 heteroatoms. The van der Waals surface area contributed by atoms with Crippen LogP contribution in [0.4, 0.5) is 11.5 Å². The normalized spacial score (nSPS) is 18.5. The quantitative estimate of drug-likeness (QED) is 0.652. The Kier molecular flexibility index (Phi) is 4.65. The Bertz CT molecular complexity index is 396. The Labute approximate surface area is 106 Å². The van der Waals surface area contributed by atoms with E-state index < -0.39 is 0 Å². The minimum Gasteiger partial charge on any atom is -0.350 e. The van der Waals surface area contributed by atoms with Gasteiger partial charge >= 0.3 is 5.69 Å². The van der Waals surface area contributed by atoms with Crippen molar-refractivity contribution in [2.75, 3.05) is 25.0 Å². The molecule has 1 N–H and O–H groups in total. The Hall–Kier alpha value is -1.40. The Morgan fingerprint density at radius 3 is 3.00 bits per heavy atom. The van der Waals surface area contributed by atoms with E-state index in [1.165, 1.54) is 6.07 Å². The molecule has 94 valence electrons. The van der Waals surface area contributed by atoms with Gasteiger partial charge < -0.3 is 10.2 Å². The first kappa shape index (κ1) is 13.7. The maximum Gasteiger partial charge on any atom is 0.311 e. The van der Waals surface area contributed by atoms with Crippen molar-refractivity contribution >= 4 is 23.9 Å². The Balaban J connectivity index is 0.00000144. The standard InChI is InChI=1S/C10H14N4O2.ClH/c1-13(8-4-6-11-7-8)10-9(14(15)16)3-2-5-12-10;/h2-3,5,8,11H,4,6-7H2,1H3;1H/t8-;/m1./s1. The van der Waals surface area contributed by atoms with Crippen molar-refractivity contribution in [3.63, 3.8) is 0 Å². The molecule has 1 aromatic heterocycles. The van der Waals surface area contributed by atoms with Crippen molar-refractivity contribution in [3.8, 4) is 0 Å². The highest BCUT2D eigenvalue weighted by atomic mass is 35.5. The highest BCUT2D eigenvalue weighted by Crippen LogP contribution is 2.26. The summed E-state index contributed by atoms with van der Waals surface area (Å²) >= 11 is 0. The fraction of sp³-hybridized carbons (Fsp3) is 0.500. The molecule has 1 saturated heterocycles. The van der Waals surface area contributed by atoms with Gasteiger partial charge in [-0.3, -0.25) is 10.1 Å². The van der Waals surface area contributed by atoms with Gasteiger partial charge in [0.05, 0.1) is 4.92 Å². The minimum atomic E-state index is -0.388. The third kappa shape index (κ3) is 2.83. The lowest BCUT2D eigenvalue weighted by atomic mass is 10.2. The van der Waals surface area contributed by atoms with E-state index in [1.807, 2.05) is 11.9 Å². The Morgan fingerprint density at radius 2 is 2.41 bits per heavy atom. The number of anilines is 1. The van der Waals surface area contributed by atoms with Gasteiger partial charge in [0.15, 0.2) is 0 Å². The summed E-state index contributed by atoms with van der Waals surface area (Å²) in [4.78, 5) is 16.5. The number of nitrogens with zero attached hydrogens (tertiary/aromatic N) is 3. The lowest BCUT2D eigenvalue weighted by Crippen LogP contribution is -2.34. The number of hydrogen-bond acceptors (Lipinski definition) is 5. The third-order valence-electron chi connectivity index (χ3n) is 2.88. The molecule has 0 radical (unpaired) electrons. The van der Waals surface area contributed by atoms with Crippen LogP contribution in [0.15, 0.2) is 18.3 Å². The SMILES string of the molecule is CN(c1ncccc1[N+](=O)[O-])[C@@H]1CCNC1.Cl. The first-order valence-electron chi connectivity index (χ1n) is 5.23. The first-order valence-corrected chi connectivity index (χ1v) is 5.23. The molecule has 1 aromatic rings. The van der Waals surface area contributed by atoms with Gasteiger partial charge in [-0.2, -0.15) is 0 Å². The maximum atomic E-state index is 10.9. The van der Waals surface area contributed by atoms with E-state index in [1.54, 1.807) is 12.3 Å². The van der Waals surface area contributed by atoms with Gasteiger partial charge in [-0.15, -0.1) is 12.4 Å². The summed E-state index contributed by atoms with van der Waals surface area (Å²) in [7, 11) is 1.85. The molecule has 0 spiro atoms. The van der Waals surface area contributed by atoms with Crippen LogP contribution in [0, 0.1) is 10.1 Å². The summed E-state index contributed by atoms with van der Waals surface area (Å²) in [6, 6.07) is 3.36. The fourth-order valence-corrected chi connectivity index (χ4v) is 1.95. The molecule has 17 heavy (non-hydrogen) atoms. The molecule has 0 unspecified atom stereocenters. The lowest BCUT2D eigenvalue weighted by molar-refractivity contribution is -0.384. The van der Waals surface area contributed by atoms with Crippen LogP contribution in [0.2, 0.25) is 0 Å². The number of nitrogens with one attached hydrogen (secondary N) is 1. The summed E-state index contributed by atoms with van der Waals surface area (Å²) in [5.41, 5.74) is 0.0666. The zero-order valence-electron chi connectivity index (χ0n) is 9.50. The molecule has 0 bridgehead atoms. The molecule has 1 fully saturated rings. The van der Waals surface area contributed by atoms with E-state index in [4.69, 9.17) is 0 Å². The van der Waals surface area contributed by atoms with Crippen LogP contribution in [-0.2, 0) is 0 Å². The molecule has 0 aromatic carbocycles. The fourth-order valence-electron chi connectivity index (χ4n) is 1.95. The first-order chi connectivity index (χ1) is 7.70. The van der Waals surface area contributed by atoms with Crippen LogP contribution < -0.4 is 10.2 Å². The van der Waals surface area contributed by atoms with Gasteiger partial charge in [0.25, 0.3) is 0 Å². The van der Waals surface area contributed by atoms with Crippen LogP contribution in [-0.4, -0.2) is 36.1 Å². The third-order valence-corrected chi connectivity index (χ3v) is 2.88. The average Bonchev–Trinajstić information content (AvgIpc) is 2.81. The van der Waals surface area contributed by atoms with Crippen LogP contribution in [0.1, 0.15) is 6.42 Å². The van der Waals surface area contributed by atoms with E-state index in [0.717, 1.165) is 19.5 Å². The van der Waals surface area contributed by atoms with Crippen molar-refractivity contribution in [1.29, 1.82) is 0 Å². The van der Waals surface area contributed by atoms with Crippen LogP contribution in [0.5, 0.6) is 0 Å². The Morgan fingerprint density at radius 1 is 1.65 bits per heavy atom. The van der Waals surface area contributed by atoms with Gasteiger partial charge in [0, 0.05) is 31.9 Å². The summed E-state index contributed by atoms with van der Waals surface area (Å²) in [6.45, 7) is 1.81. The van der Waals surface area contributed by atoms with Crippen LogP contribution in [0.25, 0.3) is 0 Å². The summed E-state index contributed by atoms with van der Waals surface area (Å²) in [6.07, 6.45) is 2.57. The summed E-state index contributed by atoms with van der Waals surface area (Å²) < 4.78 is 0. The van der Waals surface area contributed by atoms with Gasteiger partial charge in [-0.25, -0.2) is 4.98 Å². The van der Waals surface area contributed by atoms with E-state index in [2.05, 4.69) is 10.3 Å². The van der Waals surface area contributed by atoms with Crippen molar-refractivity contribution in [2.45, 2.75) is 12.5 Å². The molecule has 1 aliphatic rings. The van der Waals surface area contributed by atoms with E-state index in [9.17, 15) is 10.1 Å². The van der Waals surface area contributed by atoms with Gasteiger partial charge in [0.2, 0.25) is 5.82 Å². The molecule has 2 heterocycles. The summed E-state index contributed by atoms with van der Waals surface area (Å²) in [5, 5.41) is 14.1. The predicted molar refractivity (Wildman–Crippen MR) is 67.8 cm³/mol. The number of rotatable bonds is 3. The average molecular weight is 259 g/mol. The molecule has 1 aliphatic heterocycles. The molecule has 2 rings (SSSR count). The number of likely N-dealkylation sites (N-methyl/N-ethyl adjacent to an activating group) is 1. The summed E-state index contributed by atoms with van der Waals surface area (Å²) in [5.74, 6) is 0.446. The molecule has 0 aliphatic carbocycles. The van der Waals surface area contributed by atoms with Crippen LogP contribution >= 0.6 is 12.4 Å². The van der Waals surface area contributed by atoms with Crippen molar-refractivity contribution in [3.05, 3.63) is 28.4 Å². The van der Waals surface area contributed by atoms with E-state index in [-0.39, 0.29) is 29.1 Å². The molecular formula is C10H15ClN4O2. The number of nitro groups is 1. The predicted octanol–water partition coefficient (Wildman–Crippen LogP) is 1.21. The van der Waals surface area contributed by atoms with Crippen molar-refractivity contribution < 1.29 is 4.92 Å². The maximum absolute atomic E-state index is 10.9.